The number of aldehydes is 1. The zero-order valence-corrected chi connectivity index (χ0v) is 16.5. The van der Waals surface area contributed by atoms with Gasteiger partial charge in [-0.05, 0) is 19.4 Å². The van der Waals surface area contributed by atoms with E-state index in [0.717, 1.165) is 12.1 Å². The summed E-state index contributed by atoms with van der Waals surface area (Å²) in [6, 6.07) is 2.11. The smallest absolute Gasteiger partial charge is 0.274 e. The van der Waals surface area contributed by atoms with Crippen LogP contribution in [0, 0.1) is 11.6 Å². The Balaban J connectivity index is 1.92. The number of rotatable bonds is 4. The van der Waals surface area contributed by atoms with Crippen molar-refractivity contribution in [2.75, 3.05) is 13.6 Å². The Kier molecular flexibility index (Phi) is 5.88. The van der Waals surface area contributed by atoms with E-state index in [1.54, 1.807) is 7.05 Å². The number of halogens is 2. The topological polar surface area (TPSA) is 116 Å². The number of nitrogens with zero attached hydrogens (tertiary/aromatic N) is 2. The van der Waals surface area contributed by atoms with Crippen molar-refractivity contribution < 1.29 is 28.3 Å². The molecular formula is C20H22F2N4O4. The molecule has 2 amide bonds. The Morgan fingerprint density at radius 2 is 2.10 bits per heavy atom. The van der Waals surface area contributed by atoms with Crippen molar-refractivity contribution in [3.05, 3.63) is 58.1 Å². The minimum absolute atomic E-state index is 0.102. The van der Waals surface area contributed by atoms with Crippen LogP contribution in [0.4, 0.5) is 8.78 Å². The Morgan fingerprint density at radius 1 is 1.40 bits per heavy atom. The van der Waals surface area contributed by atoms with Crippen molar-refractivity contribution in [2.24, 2.45) is 5.73 Å². The molecule has 2 fully saturated rings. The summed E-state index contributed by atoms with van der Waals surface area (Å²) in [5.41, 5.74) is 6.56. The van der Waals surface area contributed by atoms with Crippen LogP contribution in [-0.4, -0.2) is 58.7 Å². The van der Waals surface area contributed by atoms with Crippen LogP contribution >= 0.6 is 0 Å². The Morgan fingerprint density at radius 3 is 2.73 bits per heavy atom. The van der Waals surface area contributed by atoms with Crippen LogP contribution in [0.3, 0.4) is 0 Å². The van der Waals surface area contributed by atoms with Gasteiger partial charge in [0, 0.05) is 49.1 Å². The second-order valence-electron chi connectivity index (χ2n) is 7.33. The fourth-order valence-electron chi connectivity index (χ4n) is 3.86. The number of allylic oxidation sites excluding steroid dienone is 1. The lowest BCUT2D eigenvalue weighted by atomic mass is 10.1. The van der Waals surface area contributed by atoms with Gasteiger partial charge in [-0.15, -0.1) is 0 Å². The fraction of sp³-hybridized carbons (Fsp3) is 0.350. The number of nitrogens with two attached hydrogens (primary N) is 1. The van der Waals surface area contributed by atoms with Gasteiger partial charge in [-0.3, -0.25) is 14.4 Å². The fourth-order valence-corrected chi connectivity index (χ4v) is 3.86. The molecule has 3 rings (SSSR count). The van der Waals surface area contributed by atoms with E-state index in [2.05, 4.69) is 5.32 Å². The zero-order valence-electron chi connectivity index (χ0n) is 16.5. The minimum atomic E-state index is -0.788. The molecular weight excluding hydrogens is 398 g/mol. The van der Waals surface area contributed by atoms with Gasteiger partial charge in [0.25, 0.3) is 5.91 Å². The van der Waals surface area contributed by atoms with E-state index < -0.39 is 35.2 Å². The van der Waals surface area contributed by atoms with Crippen molar-refractivity contribution >= 4 is 18.1 Å². The quantitative estimate of drug-likeness (QED) is 0.375. The highest BCUT2D eigenvalue weighted by molar-refractivity contribution is 5.99. The van der Waals surface area contributed by atoms with Crippen molar-refractivity contribution in [3.8, 4) is 0 Å². The molecule has 0 aliphatic carbocycles. The van der Waals surface area contributed by atoms with E-state index >= 15 is 0 Å². The van der Waals surface area contributed by atoms with E-state index in [0.29, 0.717) is 18.7 Å². The van der Waals surface area contributed by atoms with Crippen LogP contribution in [0.25, 0.3) is 0 Å². The second kappa shape index (κ2) is 8.23. The summed E-state index contributed by atoms with van der Waals surface area (Å²) in [7, 11) is 1.54. The lowest BCUT2D eigenvalue weighted by molar-refractivity contribution is -0.131. The predicted molar refractivity (Wildman–Crippen MR) is 102 cm³/mol. The van der Waals surface area contributed by atoms with Gasteiger partial charge in [0.15, 0.2) is 17.7 Å². The van der Waals surface area contributed by atoms with Crippen LogP contribution in [0.5, 0.6) is 0 Å². The molecule has 2 unspecified atom stereocenters. The molecule has 2 aliphatic rings. The van der Waals surface area contributed by atoms with E-state index in [9.17, 15) is 28.3 Å². The normalized spacial score (nSPS) is 24.5. The van der Waals surface area contributed by atoms with Gasteiger partial charge >= 0.3 is 0 Å². The molecule has 10 heteroatoms. The number of hydrogen-bond donors (Lipinski definition) is 3. The molecule has 0 bridgehead atoms. The van der Waals surface area contributed by atoms with E-state index in [-0.39, 0.29) is 35.7 Å². The number of nitrogens with one attached hydrogen (secondary N) is 1. The van der Waals surface area contributed by atoms with Crippen LogP contribution < -0.4 is 11.1 Å². The highest BCUT2D eigenvalue weighted by Crippen LogP contribution is 2.37. The Labute approximate surface area is 171 Å². The summed E-state index contributed by atoms with van der Waals surface area (Å²) in [6.45, 7) is 1.62. The first-order valence-corrected chi connectivity index (χ1v) is 9.27. The van der Waals surface area contributed by atoms with Gasteiger partial charge in [0.05, 0.1) is 6.04 Å². The standard InChI is InChI=1S/C20H22F2N4O4/c1-10(19(29)24-7-11-3-4-12(21)5-14(11)22)17-15(23)6-13-8-25(2)20(30)18(26(13)17)16(28)9-27/h3-5,9,13,15,28H,6-8,23H2,1-2H3,(H,24,29)/b17-10+,18-16+. The van der Waals surface area contributed by atoms with E-state index in [4.69, 9.17) is 5.73 Å². The van der Waals surface area contributed by atoms with E-state index in [1.165, 1.54) is 22.8 Å². The zero-order chi connectivity index (χ0) is 22.2. The maximum atomic E-state index is 13.8. The number of hydrogen-bond acceptors (Lipinski definition) is 6. The first-order chi connectivity index (χ1) is 14.1. The first kappa shape index (κ1) is 21.4. The number of benzene rings is 1. The predicted octanol–water partition coefficient (Wildman–Crippen LogP) is 0.697. The number of fused-ring (bicyclic) bond motifs is 1. The Hall–Kier alpha value is -3.27. The number of carbonyl (C=O) groups is 3. The number of aliphatic hydroxyl groups excluding tert-OH is 1. The van der Waals surface area contributed by atoms with Gasteiger partial charge in [0.1, 0.15) is 11.6 Å². The highest BCUT2D eigenvalue weighted by atomic mass is 19.1. The van der Waals surface area contributed by atoms with Crippen molar-refractivity contribution in [2.45, 2.75) is 32.0 Å². The van der Waals surface area contributed by atoms with Crippen molar-refractivity contribution in [3.63, 3.8) is 0 Å². The summed E-state index contributed by atoms with van der Waals surface area (Å²) in [5, 5.41) is 12.6. The third-order valence-corrected chi connectivity index (χ3v) is 5.31. The van der Waals surface area contributed by atoms with Gasteiger partial charge in [-0.1, -0.05) is 6.07 Å². The molecule has 160 valence electrons. The Bertz CT molecular complexity index is 976. The molecule has 2 saturated heterocycles. The molecule has 2 atom stereocenters. The molecule has 1 aromatic carbocycles. The van der Waals surface area contributed by atoms with Crippen LogP contribution in [-0.2, 0) is 20.9 Å². The monoisotopic (exact) mass is 420 g/mol. The number of carbonyl (C=O) groups excluding carboxylic acids is 3. The maximum absolute atomic E-state index is 13.8. The van der Waals surface area contributed by atoms with Crippen molar-refractivity contribution in [1.29, 1.82) is 0 Å². The van der Waals surface area contributed by atoms with Gasteiger partial charge in [-0.25, -0.2) is 8.78 Å². The van der Waals surface area contributed by atoms with Crippen LogP contribution in [0.2, 0.25) is 0 Å². The first-order valence-electron chi connectivity index (χ1n) is 9.27. The minimum Gasteiger partial charge on any atom is -0.503 e. The molecule has 0 radical (unpaired) electrons. The van der Waals surface area contributed by atoms with Gasteiger partial charge in [-0.2, -0.15) is 0 Å². The molecule has 8 nitrogen and oxygen atoms in total. The molecule has 2 heterocycles. The summed E-state index contributed by atoms with van der Waals surface area (Å²) in [6.07, 6.45) is 0.567. The third kappa shape index (κ3) is 3.78. The number of amides is 2. The molecule has 4 N–H and O–H groups in total. The largest absolute Gasteiger partial charge is 0.503 e. The molecule has 0 saturated carbocycles. The van der Waals surface area contributed by atoms with Crippen LogP contribution in [0.1, 0.15) is 18.9 Å². The molecule has 2 aliphatic heterocycles. The summed E-state index contributed by atoms with van der Waals surface area (Å²) >= 11 is 0. The summed E-state index contributed by atoms with van der Waals surface area (Å²) in [5.74, 6) is -3.39. The number of likely N-dealkylation sites (N-methyl/N-ethyl adjacent to an activating group) is 1. The molecule has 0 spiro atoms. The average molecular weight is 420 g/mol. The van der Waals surface area contributed by atoms with Gasteiger partial charge in [0.2, 0.25) is 5.91 Å². The van der Waals surface area contributed by atoms with Crippen molar-refractivity contribution in [1.82, 2.24) is 15.1 Å². The van der Waals surface area contributed by atoms with Gasteiger partial charge < -0.3 is 26.0 Å². The molecule has 1 aromatic rings. The molecule has 0 aromatic heterocycles. The number of aliphatic hydroxyl groups is 1. The van der Waals surface area contributed by atoms with E-state index in [1.807, 2.05) is 0 Å². The lowest BCUT2D eigenvalue weighted by Gasteiger charge is -2.39. The number of piperazine rings is 1. The third-order valence-electron chi connectivity index (χ3n) is 5.31. The summed E-state index contributed by atoms with van der Waals surface area (Å²) < 4.78 is 26.8. The SMILES string of the molecule is C/C(C(=O)NCc1ccc(F)cc1F)=C1/C(N)CC2CN(C)C(=O)/C(=C(\O)C=O)N12. The average Bonchev–Trinajstić information content (AvgIpc) is 3.01. The maximum Gasteiger partial charge on any atom is 0.274 e. The molecule has 30 heavy (non-hydrogen) atoms. The second-order valence-corrected chi connectivity index (χ2v) is 7.33. The lowest BCUT2D eigenvalue weighted by Crippen LogP contribution is -2.51. The highest BCUT2D eigenvalue weighted by Gasteiger charge is 2.46. The van der Waals surface area contributed by atoms with Crippen LogP contribution in [0.15, 0.2) is 40.9 Å². The summed E-state index contributed by atoms with van der Waals surface area (Å²) in [4.78, 5) is 39.2.